The highest BCUT2D eigenvalue weighted by Gasteiger charge is 2.31. The molecule has 0 saturated heterocycles. The first-order valence-corrected chi connectivity index (χ1v) is 5.81. The fourth-order valence-electron chi connectivity index (χ4n) is 1.81. The van der Waals surface area contributed by atoms with Crippen molar-refractivity contribution in [2.45, 2.75) is 32.4 Å². The Labute approximate surface area is 100.0 Å². The lowest BCUT2D eigenvalue weighted by atomic mass is 10.1. The van der Waals surface area contributed by atoms with Crippen molar-refractivity contribution < 1.29 is 14.3 Å². The van der Waals surface area contributed by atoms with E-state index < -0.39 is 6.23 Å². The SMILES string of the molecule is CCCCC(=O)NC1OC(=O)c2ccccc21. The molecule has 0 spiro atoms. The van der Waals surface area contributed by atoms with Crippen molar-refractivity contribution >= 4 is 11.9 Å². The molecule has 1 aliphatic rings. The standard InChI is InChI=1S/C13H15NO3/c1-2-3-8-11(15)14-12-9-6-4-5-7-10(9)13(16)17-12/h4-7,12H,2-3,8H2,1H3,(H,14,15). The fourth-order valence-corrected chi connectivity index (χ4v) is 1.81. The predicted octanol–water partition coefficient (Wildman–Crippen LogP) is 2.16. The summed E-state index contributed by atoms with van der Waals surface area (Å²) in [6.07, 6.45) is 1.65. The number of cyclic esters (lactones) is 1. The van der Waals surface area contributed by atoms with E-state index in [0.29, 0.717) is 12.0 Å². The normalized spacial score (nSPS) is 17.5. The average Bonchev–Trinajstić information content (AvgIpc) is 2.65. The van der Waals surface area contributed by atoms with Crippen molar-refractivity contribution in [1.82, 2.24) is 5.32 Å². The number of unbranched alkanes of at least 4 members (excludes halogenated alkanes) is 1. The van der Waals surface area contributed by atoms with Crippen LogP contribution in [0.25, 0.3) is 0 Å². The Balaban J connectivity index is 2.05. The first-order valence-electron chi connectivity index (χ1n) is 5.81. The number of amides is 1. The molecule has 1 heterocycles. The van der Waals surface area contributed by atoms with Crippen LogP contribution in [0, 0.1) is 0 Å². The van der Waals surface area contributed by atoms with Crippen molar-refractivity contribution in [1.29, 1.82) is 0 Å². The van der Waals surface area contributed by atoms with Crippen LogP contribution in [0.3, 0.4) is 0 Å². The number of nitrogens with one attached hydrogen (secondary N) is 1. The van der Waals surface area contributed by atoms with Gasteiger partial charge in [-0.2, -0.15) is 0 Å². The van der Waals surface area contributed by atoms with E-state index in [1.165, 1.54) is 0 Å². The van der Waals surface area contributed by atoms with E-state index in [1.807, 2.05) is 13.0 Å². The number of ether oxygens (including phenoxy) is 1. The van der Waals surface area contributed by atoms with Crippen LogP contribution >= 0.6 is 0 Å². The number of carbonyl (C=O) groups excluding carboxylic acids is 2. The highest BCUT2D eigenvalue weighted by Crippen LogP contribution is 2.28. The summed E-state index contributed by atoms with van der Waals surface area (Å²) in [5, 5.41) is 2.72. The van der Waals surface area contributed by atoms with Crippen LogP contribution in [0.1, 0.15) is 48.3 Å². The zero-order valence-electron chi connectivity index (χ0n) is 9.73. The summed E-state index contributed by atoms with van der Waals surface area (Å²) in [7, 11) is 0. The highest BCUT2D eigenvalue weighted by atomic mass is 16.6. The monoisotopic (exact) mass is 233 g/mol. The van der Waals surface area contributed by atoms with Gasteiger partial charge in [0.05, 0.1) is 5.56 Å². The minimum absolute atomic E-state index is 0.0821. The molecule has 4 nitrogen and oxygen atoms in total. The third kappa shape index (κ3) is 2.46. The molecule has 1 aliphatic heterocycles. The lowest BCUT2D eigenvalue weighted by molar-refractivity contribution is -0.124. The van der Waals surface area contributed by atoms with Gasteiger partial charge in [0.1, 0.15) is 0 Å². The first kappa shape index (κ1) is 11.6. The Morgan fingerprint density at radius 2 is 2.18 bits per heavy atom. The lowest BCUT2D eigenvalue weighted by Crippen LogP contribution is -2.28. The molecule has 1 atom stereocenters. The van der Waals surface area contributed by atoms with Crippen LogP contribution in [0.4, 0.5) is 0 Å². The molecule has 1 aromatic rings. The zero-order chi connectivity index (χ0) is 12.3. The van der Waals surface area contributed by atoms with Crippen LogP contribution in [-0.4, -0.2) is 11.9 Å². The molecular weight excluding hydrogens is 218 g/mol. The third-order valence-corrected chi connectivity index (χ3v) is 2.74. The maximum atomic E-state index is 11.6. The van der Waals surface area contributed by atoms with Gasteiger partial charge in [0.2, 0.25) is 12.1 Å². The number of hydrogen-bond acceptors (Lipinski definition) is 3. The Morgan fingerprint density at radius 3 is 2.94 bits per heavy atom. The number of benzene rings is 1. The van der Waals surface area contributed by atoms with Gasteiger partial charge in [0.25, 0.3) is 0 Å². The Hall–Kier alpha value is -1.84. The van der Waals surface area contributed by atoms with Crippen LogP contribution in [0.2, 0.25) is 0 Å². The summed E-state index contributed by atoms with van der Waals surface area (Å²) in [6.45, 7) is 2.03. The van der Waals surface area contributed by atoms with Gasteiger partial charge >= 0.3 is 5.97 Å². The third-order valence-electron chi connectivity index (χ3n) is 2.74. The second-order valence-corrected chi connectivity index (χ2v) is 4.04. The van der Waals surface area contributed by atoms with E-state index in [0.717, 1.165) is 18.4 Å². The summed E-state index contributed by atoms with van der Waals surface area (Å²) >= 11 is 0. The van der Waals surface area contributed by atoms with E-state index in [-0.39, 0.29) is 11.9 Å². The lowest BCUT2D eigenvalue weighted by Gasteiger charge is -2.12. The van der Waals surface area contributed by atoms with Gasteiger partial charge in [-0.1, -0.05) is 31.5 Å². The van der Waals surface area contributed by atoms with E-state index in [4.69, 9.17) is 4.74 Å². The molecule has 1 N–H and O–H groups in total. The van der Waals surface area contributed by atoms with Crippen molar-refractivity contribution in [2.24, 2.45) is 0 Å². The first-order chi connectivity index (χ1) is 8.22. The number of esters is 1. The largest absolute Gasteiger partial charge is 0.434 e. The van der Waals surface area contributed by atoms with Crippen LogP contribution in [0.5, 0.6) is 0 Å². The number of carbonyl (C=O) groups is 2. The predicted molar refractivity (Wildman–Crippen MR) is 62.3 cm³/mol. The fraction of sp³-hybridized carbons (Fsp3) is 0.385. The smallest absolute Gasteiger partial charge is 0.340 e. The molecule has 1 amide bonds. The molecule has 0 aromatic heterocycles. The van der Waals surface area contributed by atoms with E-state index in [2.05, 4.69) is 5.32 Å². The van der Waals surface area contributed by atoms with Crippen molar-refractivity contribution in [3.8, 4) is 0 Å². The molecule has 2 rings (SSSR count). The summed E-state index contributed by atoms with van der Waals surface area (Å²) in [5.74, 6) is -0.456. The average molecular weight is 233 g/mol. The number of hydrogen-bond donors (Lipinski definition) is 1. The van der Waals surface area contributed by atoms with Crippen LogP contribution in [-0.2, 0) is 9.53 Å². The van der Waals surface area contributed by atoms with Gasteiger partial charge in [-0.25, -0.2) is 4.79 Å². The molecule has 0 saturated carbocycles. The Kier molecular flexibility index (Phi) is 3.42. The Morgan fingerprint density at radius 1 is 1.41 bits per heavy atom. The molecule has 0 bridgehead atoms. The summed E-state index contributed by atoms with van der Waals surface area (Å²) in [5.41, 5.74) is 1.27. The second-order valence-electron chi connectivity index (χ2n) is 4.04. The van der Waals surface area contributed by atoms with E-state index >= 15 is 0 Å². The van der Waals surface area contributed by atoms with Gasteiger partial charge < -0.3 is 10.1 Å². The van der Waals surface area contributed by atoms with E-state index in [9.17, 15) is 9.59 Å². The van der Waals surface area contributed by atoms with Crippen molar-refractivity contribution in [3.63, 3.8) is 0 Å². The molecule has 17 heavy (non-hydrogen) atoms. The Bertz CT molecular complexity index is 442. The van der Waals surface area contributed by atoms with Gasteiger partial charge in [-0.3, -0.25) is 4.79 Å². The quantitative estimate of drug-likeness (QED) is 0.811. The number of rotatable bonds is 4. The van der Waals surface area contributed by atoms with E-state index in [1.54, 1.807) is 18.2 Å². The molecule has 1 unspecified atom stereocenters. The van der Waals surface area contributed by atoms with Crippen LogP contribution in [0.15, 0.2) is 24.3 Å². The highest BCUT2D eigenvalue weighted by molar-refractivity contribution is 5.94. The minimum atomic E-state index is -0.622. The zero-order valence-corrected chi connectivity index (χ0v) is 9.73. The molecule has 0 fully saturated rings. The topological polar surface area (TPSA) is 55.4 Å². The second kappa shape index (κ2) is 4.99. The summed E-state index contributed by atoms with van der Waals surface area (Å²) < 4.78 is 5.11. The molecule has 0 aliphatic carbocycles. The van der Waals surface area contributed by atoms with Gasteiger partial charge in [-0.15, -0.1) is 0 Å². The number of fused-ring (bicyclic) bond motifs is 1. The molecular formula is C13H15NO3. The van der Waals surface area contributed by atoms with Gasteiger partial charge in [0.15, 0.2) is 0 Å². The maximum absolute atomic E-state index is 11.6. The van der Waals surface area contributed by atoms with Crippen molar-refractivity contribution in [3.05, 3.63) is 35.4 Å². The molecule has 4 heteroatoms. The van der Waals surface area contributed by atoms with Crippen LogP contribution < -0.4 is 5.32 Å². The minimum Gasteiger partial charge on any atom is -0.434 e. The van der Waals surface area contributed by atoms with Crippen molar-refractivity contribution in [2.75, 3.05) is 0 Å². The summed E-state index contributed by atoms with van der Waals surface area (Å²) in [4.78, 5) is 23.1. The molecule has 0 radical (unpaired) electrons. The maximum Gasteiger partial charge on any atom is 0.340 e. The molecule has 90 valence electrons. The molecule has 1 aromatic carbocycles. The summed E-state index contributed by atoms with van der Waals surface area (Å²) in [6, 6.07) is 7.11. The van der Waals surface area contributed by atoms with Gasteiger partial charge in [-0.05, 0) is 12.5 Å². The van der Waals surface area contributed by atoms with Gasteiger partial charge in [0, 0.05) is 12.0 Å².